The Labute approximate surface area is 165 Å². The topological polar surface area (TPSA) is 58.6 Å². The van der Waals surface area contributed by atoms with Gasteiger partial charge in [-0.15, -0.1) is 0 Å². The van der Waals surface area contributed by atoms with Gasteiger partial charge in [-0.25, -0.2) is 4.98 Å². The summed E-state index contributed by atoms with van der Waals surface area (Å²) >= 11 is 12.0. The molecule has 27 heavy (non-hydrogen) atoms. The maximum absolute atomic E-state index is 9.93. The van der Waals surface area contributed by atoms with Gasteiger partial charge in [0.2, 0.25) is 5.89 Å². The number of hydrogen-bond acceptors (Lipinski definition) is 4. The molecule has 0 spiro atoms. The largest absolute Gasteiger partial charge is 0.507 e. The van der Waals surface area contributed by atoms with Gasteiger partial charge in [-0.3, -0.25) is 4.99 Å². The van der Waals surface area contributed by atoms with Crippen LogP contribution >= 0.6 is 23.2 Å². The third kappa shape index (κ3) is 3.68. The summed E-state index contributed by atoms with van der Waals surface area (Å²) < 4.78 is 5.82. The van der Waals surface area contributed by atoms with Crippen LogP contribution in [0.5, 0.6) is 5.75 Å². The van der Waals surface area contributed by atoms with Crippen LogP contribution in [-0.2, 0) is 0 Å². The number of oxazole rings is 1. The van der Waals surface area contributed by atoms with Gasteiger partial charge in [0.25, 0.3) is 0 Å². The van der Waals surface area contributed by atoms with Gasteiger partial charge >= 0.3 is 0 Å². The van der Waals surface area contributed by atoms with Gasteiger partial charge in [0.05, 0.1) is 5.69 Å². The molecule has 1 aromatic heterocycles. The highest BCUT2D eigenvalue weighted by atomic mass is 35.5. The SMILES string of the molecule is Cc1ccc(-c2nc3cc(Cl)ccc3o2)cc1N=Cc1cc(Cl)ccc1O. The highest BCUT2D eigenvalue weighted by Crippen LogP contribution is 2.30. The molecule has 4 aromatic rings. The Morgan fingerprint density at radius 2 is 1.78 bits per heavy atom. The Hall–Kier alpha value is -2.82. The van der Waals surface area contributed by atoms with E-state index in [-0.39, 0.29) is 5.75 Å². The quantitative estimate of drug-likeness (QED) is 0.398. The van der Waals surface area contributed by atoms with E-state index in [4.69, 9.17) is 27.6 Å². The molecule has 134 valence electrons. The van der Waals surface area contributed by atoms with E-state index in [2.05, 4.69) is 9.98 Å². The Kier molecular flexibility index (Phi) is 4.60. The fraction of sp³-hybridized carbons (Fsp3) is 0.0476. The third-order valence-corrected chi connectivity index (χ3v) is 4.61. The van der Waals surface area contributed by atoms with Crippen molar-refractivity contribution in [3.8, 4) is 17.2 Å². The fourth-order valence-corrected chi connectivity index (χ4v) is 3.02. The van der Waals surface area contributed by atoms with Crippen molar-refractivity contribution in [1.29, 1.82) is 0 Å². The van der Waals surface area contributed by atoms with Crippen LogP contribution in [0.3, 0.4) is 0 Å². The molecule has 0 fully saturated rings. The molecule has 0 saturated heterocycles. The lowest BCUT2D eigenvalue weighted by atomic mass is 10.1. The molecule has 4 rings (SSSR count). The van der Waals surface area contributed by atoms with E-state index >= 15 is 0 Å². The number of halogens is 2. The Bertz CT molecular complexity index is 1180. The molecule has 3 aromatic carbocycles. The number of benzene rings is 3. The maximum Gasteiger partial charge on any atom is 0.227 e. The van der Waals surface area contributed by atoms with Crippen LogP contribution in [0, 0.1) is 6.92 Å². The molecular weight excluding hydrogens is 383 g/mol. The average molecular weight is 397 g/mol. The van der Waals surface area contributed by atoms with Crippen molar-refractivity contribution in [2.45, 2.75) is 6.92 Å². The lowest BCUT2D eigenvalue weighted by Gasteiger charge is -2.03. The summed E-state index contributed by atoms with van der Waals surface area (Å²) in [6.07, 6.45) is 1.58. The second-order valence-corrected chi connectivity index (χ2v) is 6.97. The number of hydrogen-bond donors (Lipinski definition) is 1. The summed E-state index contributed by atoms with van der Waals surface area (Å²) in [6, 6.07) is 15.9. The summed E-state index contributed by atoms with van der Waals surface area (Å²) in [5.41, 5.74) is 4.44. The van der Waals surface area contributed by atoms with Crippen LogP contribution < -0.4 is 0 Å². The lowest BCUT2D eigenvalue weighted by molar-refractivity contribution is 0.474. The van der Waals surface area contributed by atoms with Crippen molar-refractivity contribution in [2.75, 3.05) is 0 Å². The second-order valence-electron chi connectivity index (χ2n) is 6.09. The number of nitrogens with zero attached hydrogens (tertiary/aromatic N) is 2. The van der Waals surface area contributed by atoms with Gasteiger partial charge in [-0.2, -0.15) is 0 Å². The molecule has 0 bridgehead atoms. The molecule has 0 saturated carbocycles. The Balaban J connectivity index is 1.72. The number of phenolic OH excluding ortho intramolecular Hbond substituents is 1. The normalized spacial score (nSPS) is 11.5. The molecule has 0 atom stereocenters. The van der Waals surface area contributed by atoms with Crippen LogP contribution in [0.25, 0.3) is 22.6 Å². The van der Waals surface area contributed by atoms with Gasteiger partial charge in [0.15, 0.2) is 5.58 Å². The molecule has 0 aliphatic rings. The first-order valence-corrected chi connectivity index (χ1v) is 8.95. The first-order valence-electron chi connectivity index (χ1n) is 8.19. The Morgan fingerprint density at radius 3 is 2.63 bits per heavy atom. The van der Waals surface area contributed by atoms with Crippen molar-refractivity contribution in [1.82, 2.24) is 4.98 Å². The van der Waals surface area contributed by atoms with E-state index in [0.29, 0.717) is 32.6 Å². The zero-order valence-electron chi connectivity index (χ0n) is 14.3. The molecule has 0 radical (unpaired) electrons. The predicted octanol–water partition coefficient (Wildman–Crippen LogP) is 6.57. The first kappa shape index (κ1) is 17.6. The molecule has 1 N–H and O–H groups in total. The number of phenols is 1. The average Bonchev–Trinajstić information content (AvgIpc) is 3.06. The highest BCUT2D eigenvalue weighted by Gasteiger charge is 2.10. The number of aromatic nitrogens is 1. The van der Waals surface area contributed by atoms with Crippen LogP contribution in [0.1, 0.15) is 11.1 Å². The van der Waals surface area contributed by atoms with E-state index in [9.17, 15) is 5.11 Å². The van der Waals surface area contributed by atoms with E-state index in [1.807, 2.05) is 25.1 Å². The third-order valence-electron chi connectivity index (χ3n) is 4.14. The molecule has 6 heteroatoms. The zero-order chi connectivity index (χ0) is 19.0. The monoisotopic (exact) mass is 396 g/mol. The van der Waals surface area contributed by atoms with E-state index in [1.165, 1.54) is 6.07 Å². The zero-order valence-corrected chi connectivity index (χ0v) is 15.8. The van der Waals surface area contributed by atoms with Gasteiger partial charge in [-0.05, 0) is 61.0 Å². The van der Waals surface area contributed by atoms with Crippen molar-refractivity contribution >= 4 is 46.2 Å². The molecule has 0 aliphatic heterocycles. The van der Waals surface area contributed by atoms with Crippen LogP contribution in [0.2, 0.25) is 10.0 Å². The molecule has 0 aliphatic carbocycles. The van der Waals surface area contributed by atoms with Crippen LogP contribution in [-0.4, -0.2) is 16.3 Å². The van der Waals surface area contributed by atoms with E-state index < -0.39 is 0 Å². The number of aliphatic imine (C=N–C) groups is 1. The summed E-state index contributed by atoms with van der Waals surface area (Å²) in [4.78, 5) is 9.00. The standard InChI is InChI=1S/C21H14Cl2N2O2/c1-12-2-3-13(21-25-18-10-16(23)5-7-20(18)27-21)9-17(12)24-11-14-8-15(22)4-6-19(14)26/h2-11,26H,1H3. The van der Waals surface area contributed by atoms with Gasteiger partial charge in [0, 0.05) is 27.4 Å². The first-order chi connectivity index (χ1) is 13.0. The smallest absolute Gasteiger partial charge is 0.227 e. The predicted molar refractivity (Wildman–Crippen MR) is 110 cm³/mol. The van der Waals surface area contributed by atoms with Crippen LogP contribution in [0.4, 0.5) is 5.69 Å². The summed E-state index contributed by atoms with van der Waals surface area (Å²) in [6.45, 7) is 1.96. The molecule has 4 nitrogen and oxygen atoms in total. The summed E-state index contributed by atoms with van der Waals surface area (Å²) in [7, 11) is 0. The lowest BCUT2D eigenvalue weighted by Crippen LogP contribution is -1.84. The van der Waals surface area contributed by atoms with Crippen molar-refractivity contribution in [2.24, 2.45) is 4.99 Å². The summed E-state index contributed by atoms with van der Waals surface area (Å²) in [5.74, 6) is 0.613. The summed E-state index contributed by atoms with van der Waals surface area (Å²) in [5, 5.41) is 11.1. The van der Waals surface area contributed by atoms with Crippen LogP contribution in [0.15, 0.2) is 64.0 Å². The molecule has 1 heterocycles. The minimum Gasteiger partial charge on any atom is -0.507 e. The molecular formula is C21H14Cl2N2O2. The van der Waals surface area contributed by atoms with Gasteiger partial charge in [-0.1, -0.05) is 29.3 Å². The number of aromatic hydroxyl groups is 1. The second kappa shape index (κ2) is 7.06. The maximum atomic E-state index is 9.93. The minimum atomic E-state index is 0.118. The van der Waals surface area contributed by atoms with Gasteiger partial charge < -0.3 is 9.52 Å². The number of aryl methyl sites for hydroxylation is 1. The van der Waals surface area contributed by atoms with E-state index in [1.54, 1.807) is 36.5 Å². The van der Waals surface area contributed by atoms with Gasteiger partial charge in [0.1, 0.15) is 11.3 Å². The van der Waals surface area contributed by atoms with E-state index in [0.717, 1.165) is 16.8 Å². The highest BCUT2D eigenvalue weighted by molar-refractivity contribution is 6.31. The minimum absolute atomic E-state index is 0.118. The number of rotatable bonds is 3. The molecule has 0 unspecified atom stereocenters. The van der Waals surface area contributed by atoms with Crippen molar-refractivity contribution in [3.63, 3.8) is 0 Å². The Morgan fingerprint density at radius 1 is 1.00 bits per heavy atom. The van der Waals surface area contributed by atoms with Crippen molar-refractivity contribution < 1.29 is 9.52 Å². The number of fused-ring (bicyclic) bond motifs is 1. The molecule has 0 amide bonds. The fourth-order valence-electron chi connectivity index (χ4n) is 2.67. The van der Waals surface area contributed by atoms with Crippen molar-refractivity contribution in [3.05, 3.63) is 75.8 Å².